The number of benzene rings is 2. The number of hydrogen-bond donors (Lipinski definition) is 1. The second kappa shape index (κ2) is 11.0. The highest BCUT2D eigenvalue weighted by Crippen LogP contribution is 2.12. The van der Waals surface area contributed by atoms with Crippen molar-refractivity contribution >= 4 is 5.91 Å². The van der Waals surface area contributed by atoms with Gasteiger partial charge in [-0.3, -0.25) is 9.69 Å². The van der Waals surface area contributed by atoms with Crippen LogP contribution in [0.5, 0.6) is 0 Å². The molecular formula is C26H30N4O2. The first kappa shape index (κ1) is 22.1. The molecule has 4 rings (SSSR count). The van der Waals surface area contributed by atoms with E-state index in [1.807, 2.05) is 36.5 Å². The zero-order chi connectivity index (χ0) is 22.2. The maximum Gasteiger partial charge on any atom is 0.251 e. The lowest BCUT2D eigenvalue weighted by molar-refractivity contribution is 0.0383. The Balaban J connectivity index is 1.34. The summed E-state index contributed by atoms with van der Waals surface area (Å²) in [6, 6.07) is 18.1. The van der Waals surface area contributed by atoms with Crippen LogP contribution in [0.3, 0.4) is 0 Å². The molecule has 0 spiro atoms. The molecule has 1 aliphatic rings. The summed E-state index contributed by atoms with van der Waals surface area (Å²) in [5.41, 5.74) is 5.13. The number of ether oxygens (including phenoxy) is 1. The summed E-state index contributed by atoms with van der Waals surface area (Å²) in [6.07, 6.45) is 3.19. The van der Waals surface area contributed by atoms with E-state index in [0.717, 1.165) is 49.9 Å². The van der Waals surface area contributed by atoms with Crippen LogP contribution >= 0.6 is 0 Å². The van der Waals surface area contributed by atoms with Crippen molar-refractivity contribution in [3.05, 3.63) is 94.6 Å². The number of aryl methyl sites for hydroxylation is 1. The van der Waals surface area contributed by atoms with Crippen LogP contribution in [-0.2, 0) is 17.6 Å². The molecule has 1 fully saturated rings. The number of morpholine rings is 1. The first-order valence-corrected chi connectivity index (χ1v) is 11.2. The van der Waals surface area contributed by atoms with Crippen LogP contribution in [0.15, 0.2) is 60.8 Å². The smallest absolute Gasteiger partial charge is 0.251 e. The largest absolute Gasteiger partial charge is 0.379 e. The Morgan fingerprint density at radius 1 is 1.03 bits per heavy atom. The summed E-state index contributed by atoms with van der Waals surface area (Å²) in [5.74, 6) is 0.771. The molecule has 32 heavy (non-hydrogen) atoms. The molecule has 6 heteroatoms. The van der Waals surface area contributed by atoms with Crippen LogP contribution in [0, 0.1) is 6.92 Å². The number of rotatable bonds is 8. The van der Waals surface area contributed by atoms with E-state index in [9.17, 15) is 4.79 Å². The van der Waals surface area contributed by atoms with Gasteiger partial charge in [0.05, 0.1) is 13.2 Å². The van der Waals surface area contributed by atoms with Gasteiger partial charge in [0.1, 0.15) is 5.82 Å². The van der Waals surface area contributed by atoms with Gasteiger partial charge >= 0.3 is 0 Å². The molecule has 1 saturated heterocycles. The molecule has 166 valence electrons. The summed E-state index contributed by atoms with van der Waals surface area (Å²) in [4.78, 5) is 24.1. The third kappa shape index (κ3) is 6.45. The van der Waals surface area contributed by atoms with Gasteiger partial charge in [-0.1, -0.05) is 42.0 Å². The van der Waals surface area contributed by atoms with Crippen LogP contribution in [0.4, 0.5) is 0 Å². The molecule has 0 unspecified atom stereocenters. The highest BCUT2D eigenvalue weighted by atomic mass is 16.5. The summed E-state index contributed by atoms with van der Waals surface area (Å²) < 4.78 is 5.36. The molecule has 1 N–H and O–H groups in total. The Labute approximate surface area is 189 Å². The monoisotopic (exact) mass is 430 g/mol. The third-order valence-corrected chi connectivity index (χ3v) is 5.60. The Morgan fingerprint density at radius 3 is 2.62 bits per heavy atom. The van der Waals surface area contributed by atoms with Crippen molar-refractivity contribution in [3.63, 3.8) is 0 Å². The van der Waals surface area contributed by atoms with Gasteiger partial charge in [0.15, 0.2) is 0 Å². The number of amides is 1. The predicted octanol–water partition coefficient (Wildman–Crippen LogP) is 3.03. The molecule has 0 aliphatic carbocycles. The predicted molar refractivity (Wildman–Crippen MR) is 125 cm³/mol. The quantitative estimate of drug-likeness (QED) is 0.595. The summed E-state index contributed by atoms with van der Waals surface area (Å²) in [5, 5.41) is 3.03. The Bertz CT molecular complexity index is 1050. The van der Waals surface area contributed by atoms with Gasteiger partial charge in [-0.15, -0.1) is 0 Å². The second-order valence-electron chi connectivity index (χ2n) is 8.22. The van der Waals surface area contributed by atoms with Crippen molar-refractivity contribution in [2.24, 2.45) is 0 Å². The van der Waals surface area contributed by atoms with Crippen molar-refractivity contribution in [1.29, 1.82) is 0 Å². The minimum absolute atomic E-state index is 0.0390. The molecule has 1 amide bonds. The Morgan fingerprint density at radius 2 is 1.81 bits per heavy atom. The van der Waals surface area contributed by atoms with Crippen molar-refractivity contribution in [2.45, 2.75) is 19.8 Å². The molecule has 0 saturated carbocycles. The van der Waals surface area contributed by atoms with Gasteiger partial charge in [-0.25, -0.2) is 9.97 Å². The van der Waals surface area contributed by atoms with Gasteiger partial charge in [-0.05, 0) is 36.2 Å². The SMILES string of the molecule is Cc1cccc(Cc2nccc(Cc3cccc(C(=O)NCCN4CCOCC4)c3)n2)c1. The summed E-state index contributed by atoms with van der Waals surface area (Å²) in [6.45, 7) is 6.97. The van der Waals surface area contributed by atoms with Crippen LogP contribution in [0.1, 0.15) is 38.6 Å². The zero-order valence-electron chi connectivity index (χ0n) is 18.6. The van der Waals surface area contributed by atoms with E-state index in [2.05, 4.69) is 46.4 Å². The van der Waals surface area contributed by atoms with Gasteiger partial charge < -0.3 is 10.1 Å². The van der Waals surface area contributed by atoms with Crippen LogP contribution in [0.2, 0.25) is 0 Å². The minimum atomic E-state index is -0.0390. The summed E-state index contributed by atoms with van der Waals surface area (Å²) >= 11 is 0. The number of aromatic nitrogens is 2. The molecular weight excluding hydrogens is 400 g/mol. The second-order valence-corrected chi connectivity index (χ2v) is 8.22. The highest BCUT2D eigenvalue weighted by molar-refractivity contribution is 5.94. The Kier molecular flexibility index (Phi) is 7.59. The average molecular weight is 431 g/mol. The topological polar surface area (TPSA) is 67.4 Å². The average Bonchev–Trinajstić information content (AvgIpc) is 2.80. The fourth-order valence-corrected chi connectivity index (χ4v) is 3.92. The van der Waals surface area contributed by atoms with Crippen LogP contribution < -0.4 is 5.32 Å². The lowest BCUT2D eigenvalue weighted by atomic mass is 10.1. The standard InChI is InChI=1S/C26H30N4O2/c1-20-4-2-5-21(16-20)19-25-27-9-8-24(29-25)18-22-6-3-7-23(17-22)26(31)28-10-11-30-12-14-32-15-13-30/h2-9,16-17H,10-15,18-19H2,1H3,(H,28,31). The number of carbonyl (C=O) groups excluding carboxylic acids is 1. The minimum Gasteiger partial charge on any atom is -0.379 e. The molecule has 0 atom stereocenters. The first-order valence-electron chi connectivity index (χ1n) is 11.2. The van der Waals surface area contributed by atoms with E-state index in [1.54, 1.807) is 0 Å². The number of nitrogens with zero attached hydrogens (tertiary/aromatic N) is 3. The van der Waals surface area contributed by atoms with E-state index < -0.39 is 0 Å². The van der Waals surface area contributed by atoms with Gasteiger partial charge in [0, 0.05) is 56.5 Å². The molecule has 3 aromatic rings. The maximum absolute atomic E-state index is 12.6. The Hall–Kier alpha value is -3.09. The summed E-state index contributed by atoms with van der Waals surface area (Å²) in [7, 11) is 0. The molecule has 1 aliphatic heterocycles. The van der Waals surface area contributed by atoms with E-state index in [-0.39, 0.29) is 5.91 Å². The molecule has 2 heterocycles. The van der Waals surface area contributed by atoms with Gasteiger partial charge in [-0.2, -0.15) is 0 Å². The molecule has 6 nitrogen and oxygen atoms in total. The lowest BCUT2D eigenvalue weighted by Gasteiger charge is -2.26. The molecule has 0 bridgehead atoms. The van der Waals surface area contributed by atoms with Crippen LogP contribution in [0.25, 0.3) is 0 Å². The van der Waals surface area contributed by atoms with E-state index >= 15 is 0 Å². The fraction of sp³-hybridized carbons (Fsp3) is 0.346. The van der Waals surface area contributed by atoms with E-state index in [0.29, 0.717) is 24.9 Å². The number of nitrogens with one attached hydrogen (secondary N) is 1. The van der Waals surface area contributed by atoms with Crippen molar-refractivity contribution in [1.82, 2.24) is 20.2 Å². The zero-order valence-corrected chi connectivity index (χ0v) is 18.6. The van der Waals surface area contributed by atoms with Gasteiger partial charge in [0.25, 0.3) is 5.91 Å². The lowest BCUT2D eigenvalue weighted by Crippen LogP contribution is -2.41. The number of hydrogen-bond acceptors (Lipinski definition) is 5. The molecule has 2 aromatic carbocycles. The number of carbonyl (C=O) groups is 1. The van der Waals surface area contributed by atoms with Crippen molar-refractivity contribution in [2.75, 3.05) is 39.4 Å². The fourth-order valence-electron chi connectivity index (χ4n) is 3.92. The van der Waals surface area contributed by atoms with E-state index in [4.69, 9.17) is 9.72 Å². The molecule has 1 aromatic heterocycles. The maximum atomic E-state index is 12.6. The van der Waals surface area contributed by atoms with Crippen molar-refractivity contribution in [3.8, 4) is 0 Å². The highest BCUT2D eigenvalue weighted by Gasteiger charge is 2.11. The first-order chi connectivity index (χ1) is 15.7. The van der Waals surface area contributed by atoms with Crippen molar-refractivity contribution < 1.29 is 9.53 Å². The van der Waals surface area contributed by atoms with Crippen LogP contribution in [-0.4, -0.2) is 60.2 Å². The van der Waals surface area contributed by atoms with Gasteiger partial charge in [0.2, 0.25) is 0 Å². The normalized spacial score (nSPS) is 14.3. The van der Waals surface area contributed by atoms with E-state index in [1.165, 1.54) is 11.1 Å². The molecule has 0 radical (unpaired) electrons. The third-order valence-electron chi connectivity index (χ3n) is 5.60.